The number of anilines is 1. The van der Waals surface area contributed by atoms with Crippen LogP contribution >= 0.6 is 15.9 Å². The fraction of sp³-hybridized carbons (Fsp3) is 0.318. The molecule has 0 unspecified atom stereocenters. The summed E-state index contributed by atoms with van der Waals surface area (Å²) < 4.78 is 7.64. The Kier molecular flexibility index (Phi) is 5.75. The van der Waals surface area contributed by atoms with Crippen LogP contribution in [0.15, 0.2) is 45.8 Å². The van der Waals surface area contributed by atoms with Crippen molar-refractivity contribution in [2.24, 2.45) is 7.05 Å². The van der Waals surface area contributed by atoms with Crippen LogP contribution in [0, 0.1) is 11.3 Å². The molecule has 0 bridgehead atoms. The number of pyridine rings is 2. The van der Waals surface area contributed by atoms with Gasteiger partial charge in [-0.3, -0.25) is 9.69 Å². The molecular formula is C22H22BrN5O2. The van der Waals surface area contributed by atoms with Gasteiger partial charge >= 0.3 is 0 Å². The summed E-state index contributed by atoms with van der Waals surface area (Å²) in [7, 11) is 3.36. The third-order valence-electron chi connectivity index (χ3n) is 5.57. The molecule has 30 heavy (non-hydrogen) atoms. The summed E-state index contributed by atoms with van der Waals surface area (Å²) in [6.07, 6.45) is 0. The molecule has 4 rings (SSSR count). The number of halogens is 1. The second-order valence-electron chi connectivity index (χ2n) is 7.28. The summed E-state index contributed by atoms with van der Waals surface area (Å²) in [5, 5.41) is 9.73. The summed E-state index contributed by atoms with van der Waals surface area (Å²) in [6.45, 7) is 3.84. The van der Waals surface area contributed by atoms with Crippen LogP contribution in [0.5, 0.6) is 5.75 Å². The minimum absolute atomic E-state index is 0.147. The van der Waals surface area contributed by atoms with Gasteiger partial charge in [0, 0.05) is 45.3 Å². The SMILES string of the molecule is COc1ccccc1CN1CCN(c2c(C#N)c(=O)n(C)c3ccc(Br)nc23)CC1. The topological polar surface area (TPSA) is 74.4 Å². The van der Waals surface area contributed by atoms with Gasteiger partial charge in [-0.15, -0.1) is 0 Å². The first-order valence-corrected chi connectivity index (χ1v) is 10.5. The van der Waals surface area contributed by atoms with E-state index in [0.29, 0.717) is 34.4 Å². The van der Waals surface area contributed by atoms with Gasteiger partial charge < -0.3 is 14.2 Å². The van der Waals surface area contributed by atoms with Gasteiger partial charge in [0.25, 0.3) is 5.56 Å². The molecule has 0 N–H and O–H groups in total. The van der Waals surface area contributed by atoms with Crippen molar-refractivity contribution in [1.29, 1.82) is 5.26 Å². The Bertz CT molecular complexity index is 1190. The first-order valence-electron chi connectivity index (χ1n) is 9.72. The van der Waals surface area contributed by atoms with E-state index in [1.807, 2.05) is 30.3 Å². The Morgan fingerprint density at radius 1 is 1.17 bits per heavy atom. The van der Waals surface area contributed by atoms with Gasteiger partial charge in [-0.1, -0.05) is 18.2 Å². The summed E-state index contributed by atoms with van der Waals surface area (Å²) in [4.78, 5) is 21.9. The number of benzene rings is 1. The molecule has 0 aliphatic carbocycles. The average molecular weight is 468 g/mol. The van der Waals surface area contributed by atoms with Gasteiger partial charge in [0.2, 0.25) is 0 Å². The predicted octanol–water partition coefficient (Wildman–Crippen LogP) is 2.90. The highest BCUT2D eigenvalue weighted by atomic mass is 79.9. The third-order valence-corrected chi connectivity index (χ3v) is 6.01. The number of hydrogen-bond acceptors (Lipinski definition) is 6. The number of aryl methyl sites for hydroxylation is 1. The summed E-state index contributed by atoms with van der Waals surface area (Å²) in [5.74, 6) is 0.887. The molecule has 3 heterocycles. The van der Waals surface area contributed by atoms with E-state index in [4.69, 9.17) is 4.74 Å². The van der Waals surface area contributed by atoms with Crippen LogP contribution in [0.1, 0.15) is 11.1 Å². The van der Waals surface area contributed by atoms with Crippen LogP contribution in [0.25, 0.3) is 11.0 Å². The Morgan fingerprint density at radius 3 is 2.60 bits per heavy atom. The Hall–Kier alpha value is -2.89. The smallest absolute Gasteiger partial charge is 0.270 e. The summed E-state index contributed by atoms with van der Waals surface area (Å²) in [6, 6.07) is 13.8. The van der Waals surface area contributed by atoms with Crippen molar-refractivity contribution in [2.45, 2.75) is 6.54 Å². The molecule has 1 saturated heterocycles. The zero-order valence-electron chi connectivity index (χ0n) is 16.9. The van der Waals surface area contributed by atoms with E-state index >= 15 is 0 Å². The standard InChI is InChI=1S/C22H22BrN5O2/c1-26-17-7-8-19(23)25-20(17)21(16(13-24)22(26)29)28-11-9-27(10-12-28)14-15-5-3-4-6-18(15)30-2/h3-8H,9-12,14H2,1-2H3. The van der Waals surface area contributed by atoms with Crippen LogP contribution in [-0.4, -0.2) is 47.7 Å². The lowest BCUT2D eigenvalue weighted by Gasteiger charge is -2.37. The number of fused-ring (bicyclic) bond motifs is 1. The van der Waals surface area contributed by atoms with Crippen LogP contribution in [0.2, 0.25) is 0 Å². The summed E-state index contributed by atoms with van der Waals surface area (Å²) in [5.41, 5.74) is 3.02. The number of piperazine rings is 1. The molecule has 0 amide bonds. The van der Waals surface area contributed by atoms with Gasteiger partial charge in [0.05, 0.1) is 18.3 Å². The summed E-state index contributed by atoms with van der Waals surface area (Å²) >= 11 is 3.42. The van der Waals surface area contributed by atoms with Crippen molar-refractivity contribution < 1.29 is 4.74 Å². The van der Waals surface area contributed by atoms with Crippen LogP contribution in [0.3, 0.4) is 0 Å². The number of nitriles is 1. The maximum Gasteiger partial charge on any atom is 0.270 e. The van der Waals surface area contributed by atoms with Gasteiger partial charge in [0.1, 0.15) is 27.5 Å². The number of nitrogens with zero attached hydrogens (tertiary/aromatic N) is 5. The minimum Gasteiger partial charge on any atom is -0.496 e. The van der Waals surface area contributed by atoms with E-state index in [9.17, 15) is 10.1 Å². The molecule has 154 valence electrons. The van der Waals surface area contributed by atoms with E-state index in [2.05, 4.69) is 42.8 Å². The average Bonchev–Trinajstić information content (AvgIpc) is 2.77. The molecule has 1 fully saturated rings. The quantitative estimate of drug-likeness (QED) is 0.549. The van der Waals surface area contributed by atoms with Crippen molar-refractivity contribution in [3.8, 4) is 11.8 Å². The predicted molar refractivity (Wildman–Crippen MR) is 120 cm³/mol. The number of ether oxygens (including phenoxy) is 1. The normalized spacial score (nSPS) is 14.7. The molecule has 8 heteroatoms. The maximum absolute atomic E-state index is 12.8. The number of hydrogen-bond donors (Lipinski definition) is 0. The highest BCUT2D eigenvalue weighted by molar-refractivity contribution is 9.10. The van der Waals surface area contributed by atoms with Crippen molar-refractivity contribution in [3.05, 3.63) is 62.5 Å². The number of para-hydroxylation sites is 1. The molecule has 3 aromatic rings. The monoisotopic (exact) mass is 467 g/mol. The second-order valence-corrected chi connectivity index (χ2v) is 8.09. The van der Waals surface area contributed by atoms with Crippen molar-refractivity contribution in [2.75, 3.05) is 38.2 Å². The molecule has 0 atom stereocenters. The molecular weight excluding hydrogens is 446 g/mol. The molecule has 1 aromatic carbocycles. The lowest BCUT2D eigenvalue weighted by Crippen LogP contribution is -2.47. The lowest BCUT2D eigenvalue weighted by molar-refractivity contribution is 0.246. The zero-order chi connectivity index (χ0) is 21.3. The second kappa shape index (κ2) is 8.46. The van der Waals surface area contributed by atoms with Gasteiger partial charge in [-0.25, -0.2) is 4.98 Å². The van der Waals surface area contributed by atoms with Crippen molar-refractivity contribution in [3.63, 3.8) is 0 Å². The van der Waals surface area contributed by atoms with Crippen molar-refractivity contribution >= 4 is 32.7 Å². The number of methoxy groups -OCH3 is 1. The Labute approximate surface area is 183 Å². The molecule has 2 aromatic heterocycles. The van der Waals surface area contributed by atoms with E-state index in [0.717, 1.165) is 30.9 Å². The Balaban J connectivity index is 1.64. The first-order chi connectivity index (χ1) is 14.5. The minimum atomic E-state index is -0.291. The molecule has 0 saturated carbocycles. The largest absolute Gasteiger partial charge is 0.496 e. The van der Waals surface area contributed by atoms with E-state index < -0.39 is 0 Å². The molecule has 0 radical (unpaired) electrons. The van der Waals surface area contributed by atoms with Crippen LogP contribution < -0.4 is 15.2 Å². The lowest BCUT2D eigenvalue weighted by atomic mass is 10.1. The van der Waals surface area contributed by atoms with Crippen LogP contribution in [-0.2, 0) is 13.6 Å². The van der Waals surface area contributed by atoms with Gasteiger partial charge in [-0.2, -0.15) is 5.26 Å². The van der Waals surface area contributed by atoms with E-state index in [1.54, 1.807) is 14.2 Å². The molecule has 7 nitrogen and oxygen atoms in total. The number of rotatable bonds is 4. The van der Waals surface area contributed by atoms with E-state index in [1.165, 1.54) is 4.57 Å². The van der Waals surface area contributed by atoms with Gasteiger partial charge in [-0.05, 0) is 34.1 Å². The van der Waals surface area contributed by atoms with Crippen LogP contribution in [0.4, 0.5) is 5.69 Å². The first kappa shape index (κ1) is 20.4. The highest BCUT2D eigenvalue weighted by Crippen LogP contribution is 2.29. The number of aromatic nitrogens is 2. The van der Waals surface area contributed by atoms with Gasteiger partial charge in [0.15, 0.2) is 0 Å². The molecule has 1 aliphatic rings. The van der Waals surface area contributed by atoms with E-state index in [-0.39, 0.29) is 11.1 Å². The third kappa shape index (κ3) is 3.66. The van der Waals surface area contributed by atoms with Crippen molar-refractivity contribution in [1.82, 2.24) is 14.5 Å². The molecule has 0 spiro atoms. The fourth-order valence-electron chi connectivity index (χ4n) is 3.98. The Morgan fingerprint density at radius 2 is 1.90 bits per heavy atom. The zero-order valence-corrected chi connectivity index (χ0v) is 18.5. The maximum atomic E-state index is 12.8. The fourth-order valence-corrected chi connectivity index (χ4v) is 4.29. The highest BCUT2D eigenvalue weighted by Gasteiger charge is 2.25. The molecule has 1 aliphatic heterocycles.